The van der Waals surface area contributed by atoms with E-state index >= 15 is 0 Å². The number of aliphatic hydroxyl groups is 1. The molecule has 0 fully saturated rings. The summed E-state index contributed by atoms with van der Waals surface area (Å²) in [5, 5.41) is 14.5. The quantitative estimate of drug-likeness (QED) is 0.344. The van der Waals surface area contributed by atoms with E-state index in [0.717, 1.165) is 52.2 Å². The van der Waals surface area contributed by atoms with Crippen LogP contribution in [-0.2, 0) is 16.7 Å². The lowest BCUT2D eigenvalue weighted by atomic mass is 10.1. The van der Waals surface area contributed by atoms with Crippen LogP contribution in [0, 0.1) is 0 Å². The molecule has 0 spiro atoms. The maximum Gasteiger partial charge on any atom is 0.264 e. The Hall–Kier alpha value is -2.04. The highest BCUT2D eigenvalue weighted by atomic mass is 32.2. The lowest BCUT2D eigenvalue weighted by Crippen LogP contribution is -2.28. The second kappa shape index (κ2) is 11.5. The Kier molecular flexibility index (Phi) is 9.39. The summed E-state index contributed by atoms with van der Waals surface area (Å²) < 4.78 is 28.7. The summed E-state index contributed by atoms with van der Waals surface area (Å²) in [5.74, 6) is -0.201. The lowest BCUT2D eigenvalue weighted by Gasteiger charge is -2.19. The van der Waals surface area contributed by atoms with Gasteiger partial charge in [-0.25, -0.2) is 0 Å². The molecule has 0 unspecified atom stereocenters. The van der Waals surface area contributed by atoms with Gasteiger partial charge < -0.3 is 15.3 Å². The van der Waals surface area contributed by atoms with Gasteiger partial charge in [0.1, 0.15) is 0 Å². The summed E-state index contributed by atoms with van der Waals surface area (Å²) in [6, 6.07) is 11.5. The van der Waals surface area contributed by atoms with Crippen LogP contribution < -0.4 is 10.7 Å². The van der Waals surface area contributed by atoms with Crippen LogP contribution >= 0.6 is 11.3 Å². The van der Waals surface area contributed by atoms with Gasteiger partial charge in [0.05, 0.1) is 17.7 Å². The van der Waals surface area contributed by atoms with E-state index in [0.29, 0.717) is 5.39 Å². The Bertz CT molecular complexity index is 1170. The number of hydrogen-bond donors (Lipinski definition) is 3. The zero-order valence-electron chi connectivity index (χ0n) is 18.1. The van der Waals surface area contributed by atoms with Crippen LogP contribution in [0.25, 0.3) is 20.2 Å². The second-order valence-electron chi connectivity index (χ2n) is 6.89. The molecule has 0 aliphatic rings. The molecule has 2 aromatic carbocycles. The number of rotatable bonds is 8. The van der Waals surface area contributed by atoms with E-state index in [-0.39, 0.29) is 17.8 Å². The third-order valence-corrected chi connectivity index (χ3v) is 6.96. The fraction of sp³-hybridized carbons (Fsp3) is 0.409. The second-order valence-corrected chi connectivity index (χ2v) is 9.68. The molecule has 0 saturated heterocycles. The van der Waals surface area contributed by atoms with E-state index in [2.05, 4.69) is 24.1 Å². The molecule has 0 amide bonds. The van der Waals surface area contributed by atoms with E-state index in [1.165, 1.54) is 6.92 Å². The third kappa shape index (κ3) is 6.72. The number of nitrogens with zero attached hydrogens (tertiary/aromatic N) is 1. The Balaban J connectivity index is 0.000000501. The molecule has 0 aliphatic carbocycles. The highest BCUT2D eigenvalue weighted by Gasteiger charge is 2.13. The Morgan fingerprint density at radius 2 is 1.71 bits per heavy atom. The lowest BCUT2D eigenvalue weighted by molar-refractivity contribution is 0.283. The van der Waals surface area contributed by atoms with Crippen LogP contribution in [0.5, 0.6) is 0 Å². The van der Waals surface area contributed by atoms with Crippen LogP contribution in [0.4, 0.5) is 5.69 Å². The summed E-state index contributed by atoms with van der Waals surface area (Å²) in [6.07, 6.45) is 0. The minimum atomic E-state index is -3.66. The predicted molar refractivity (Wildman–Crippen MR) is 130 cm³/mol. The number of fused-ring (bicyclic) bond motifs is 2. The summed E-state index contributed by atoms with van der Waals surface area (Å²) in [7, 11) is -3.66. The number of hydrogen-bond acceptors (Lipinski definition) is 7. The Morgan fingerprint density at radius 3 is 2.29 bits per heavy atom. The number of anilines is 1. The molecular formula is C22H30N2O5S2. The third-order valence-electron chi connectivity index (χ3n) is 4.98. The monoisotopic (exact) mass is 466 g/mol. The van der Waals surface area contributed by atoms with E-state index in [9.17, 15) is 18.3 Å². The van der Waals surface area contributed by atoms with Gasteiger partial charge >= 0.3 is 0 Å². The van der Waals surface area contributed by atoms with Gasteiger partial charge in [-0.2, -0.15) is 8.42 Å². The van der Waals surface area contributed by atoms with Gasteiger partial charge in [-0.3, -0.25) is 9.35 Å². The topological polar surface area (TPSA) is 107 Å². The standard InChI is InChI=1S/C20H24N2O2S.C2H6O3S/c1-3-22(4-2)12-11-21-16-10-9-14(13-23)20-18(16)19(24)15-7-5-6-8-17(15)25-20;1-2-6(3,4)5/h5-10,21,23H,3-4,11-13H2,1-2H3;2H2,1H3,(H,3,4,5). The molecule has 0 radical (unpaired) electrons. The molecule has 1 heterocycles. The normalized spacial score (nSPS) is 11.5. The average molecular weight is 467 g/mol. The van der Waals surface area contributed by atoms with Crippen LogP contribution in [0.15, 0.2) is 41.2 Å². The highest BCUT2D eigenvalue weighted by molar-refractivity contribution is 7.85. The molecule has 170 valence electrons. The molecule has 0 saturated carbocycles. The SMILES string of the molecule is CCN(CC)CCNc1ccc(CO)c2sc3ccccc3c(=O)c12.CCS(=O)(=O)O. The first-order chi connectivity index (χ1) is 14.8. The van der Waals surface area contributed by atoms with E-state index < -0.39 is 10.1 Å². The van der Waals surface area contributed by atoms with Gasteiger partial charge in [0.25, 0.3) is 10.1 Å². The maximum atomic E-state index is 13.1. The number of aliphatic hydroxyl groups excluding tert-OH is 1. The first-order valence-corrected chi connectivity index (χ1v) is 12.7. The number of benzene rings is 2. The average Bonchev–Trinajstić information content (AvgIpc) is 2.76. The summed E-state index contributed by atoms with van der Waals surface area (Å²) in [4.78, 5) is 15.4. The molecule has 9 heteroatoms. The van der Waals surface area contributed by atoms with Crippen molar-refractivity contribution < 1.29 is 18.1 Å². The molecule has 0 aliphatic heterocycles. The van der Waals surface area contributed by atoms with Crippen molar-refractivity contribution in [3.63, 3.8) is 0 Å². The summed E-state index contributed by atoms with van der Waals surface area (Å²) in [6.45, 7) is 9.36. The van der Waals surface area contributed by atoms with Crippen molar-refractivity contribution in [3.05, 3.63) is 52.2 Å². The minimum Gasteiger partial charge on any atom is -0.392 e. The zero-order chi connectivity index (χ0) is 23.0. The molecule has 3 rings (SSSR count). The van der Waals surface area contributed by atoms with Crippen molar-refractivity contribution in [1.82, 2.24) is 4.90 Å². The molecule has 3 N–H and O–H groups in total. The van der Waals surface area contributed by atoms with Crippen molar-refractivity contribution in [1.29, 1.82) is 0 Å². The first-order valence-electron chi connectivity index (χ1n) is 10.2. The summed E-state index contributed by atoms with van der Waals surface area (Å²) >= 11 is 1.57. The van der Waals surface area contributed by atoms with Gasteiger partial charge in [-0.1, -0.05) is 32.0 Å². The van der Waals surface area contributed by atoms with Gasteiger partial charge in [0, 0.05) is 33.6 Å². The smallest absolute Gasteiger partial charge is 0.264 e. The van der Waals surface area contributed by atoms with Crippen LogP contribution in [0.3, 0.4) is 0 Å². The predicted octanol–water partition coefficient (Wildman–Crippen LogP) is 3.55. The Morgan fingerprint density at radius 1 is 1.06 bits per heavy atom. The van der Waals surface area contributed by atoms with Gasteiger partial charge in [-0.15, -0.1) is 11.3 Å². The van der Waals surface area contributed by atoms with Crippen LogP contribution in [0.1, 0.15) is 26.3 Å². The van der Waals surface area contributed by atoms with Gasteiger partial charge in [-0.05, 0) is 43.8 Å². The van der Waals surface area contributed by atoms with Crippen molar-refractivity contribution >= 4 is 47.3 Å². The molecule has 3 aromatic rings. The molecular weight excluding hydrogens is 436 g/mol. The fourth-order valence-electron chi connectivity index (χ4n) is 3.12. The molecule has 1 aromatic heterocycles. The van der Waals surface area contributed by atoms with Crippen molar-refractivity contribution in [2.45, 2.75) is 27.4 Å². The van der Waals surface area contributed by atoms with Crippen molar-refractivity contribution in [2.24, 2.45) is 0 Å². The van der Waals surface area contributed by atoms with Crippen LogP contribution in [0.2, 0.25) is 0 Å². The maximum absolute atomic E-state index is 13.1. The zero-order valence-corrected chi connectivity index (χ0v) is 19.7. The molecule has 7 nitrogen and oxygen atoms in total. The largest absolute Gasteiger partial charge is 0.392 e. The van der Waals surface area contributed by atoms with E-state index in [1.807, 2.05) is 36.4 Å². The van der Waals surface area contributed by atoms with Crippen molar-refractivity contribution in [3.8, 4) is 0 Å². The number of likely N-dealkylation sites (N-methyl/N-ethyl adjacent to an activating group) is 1. The van der Waals surface area contributed by atoms with Gasteiger partial charge in [0.2, 0.25) is 0 Å². The van der Waals surface area contributed by atoms with Gasteiger partial charge in [0.15, 0.2) is 5.43 Å². The van der Waals surface area contributed by atoms with Crippen molar-refractivity contribution in [2.75, 3.05) is 37.2 Å². The van der Waals surface area contributed by atoms with Crippen LogP contribution in [-0.4, -0.2) is 54.9 Å². The molecule has 31 heavy (non-hydrogen) atoms. The molecule has 0 bridgehead atoms. The number of nitrogens with one attached hydrogen (secondary N) is 1. The minimum absolute atomic E-state index is 0.0324. The fourth-order valence-corrected chi connectivity index (χ4v) is 4.32. The van der Waals surface area contributed by atoms with E-state index in [1.54, 1.807) is 11.3 Å². The highest BCUT2D eigenvalue weighted by Crippen LogP contribution is 2.31. The molecule has 0 atom stereocenters. The Labute approximate surface area is 187 Å². The first kappa shape index (κ1) is 25.2. The summed E-state index contributed by atoms with van der Waals surface area (Å²) in [5.41, 5.74) is 1.69. The van der Waals surface area contributed by atoms with E-state index in [4.69, 9.17) is 4.55 Å².